The maximum atomic E-state index is 9.04. The number of nitrogens with zero attached hydrogens (tertiary/aromatic N) is 2. The molecule has 4 N–H and O–H groups in total. The van der Waals surface area contributed by atoms with E-state index in [1.807, 2.05) is 6.07 Å². The first-order valence-corrected chi connectivity index (χ1v) is 4.69. The van der Waals surface area contributed by atoms with E-state index in [1.165, 1.54) is 0 Å². The van der Waals surface area contributed by atoms with Crippen molar-refractivity contribution >= 4 is 34.0 Å². The topological polar surface area (TPSA) is 102 Å². The fourth-order valence-electron chi connectivity index (χ4n) is 1.99. The quantitative estimate of drug-likeness (QED) is 0.551. The van der Waals surface area contributed by atoms with Crippen molar-refractivity contribution < 1.29 is 0 Å². The SMILES string of the molecule is N#CC1=c2c(ncc3c[nH]c(N)c23)=CC1=N. The molecule has 1 aliphatic rings. The van der Waals surface area contributed by atoms with Gasteiger partial charge in [0.1, 0.15) is 11.9 Å². The second-order valence-electron chi connectivity index (χ2n) is 3.60. The number of pyridine rings is 1. The highest BCUT2D eigenvalue weighted by atomic mass is 14.8. The second-order valence-corrected chi connectivity index (χ2v) is 3.60. The molecular formula is C11H7N5. The lowest BCUT2D eigenvalue weighted by atomic mass is 10.1. The first-order valence-electron chi connectivity index (χ1n) is 4.69. The predicted octanol–water partition coefficient (Wildman–Crippen LogP) is -0.367. The van der Waals surface area contributed by atoms with Gasteiger partial charge < -0.3 is 10.7 Å². The maximum absolute atomic E-state index is 9.04. The molecule has 1 aliphatic carbocycles. The summed E-state index contributed by atoms with van der Waals surface area (Å²) in [5, 5.41) is 19.7. The van der Waals surface area contributed by atoms with Crippen LogP contribution in [0.3, 0.4) is 0 Å². The van der Waals surface area contributed by atoms with Crippen LogP contribution in [0.5, 0.6) is 0 Å². The number of rotatable bonds is 0. The van der Waals surface area contributed by atoms with Gasteiger partial charge in [0.15, 0.2) is 0 Å². The van der Waals surface area contributed by atoms with Gasteiger partial charge in [-0.2, -0.15) is 5.26 Å². The Kier molecular flexibility index (Phi) is 1.47. The molecule has 0 saturated carbocycles. The van der Waals surface area contributed by atoms with Crippen molar-refractivity contribution in [3.63, 3.8) is 0 Å². The largest absolute Gasteiger partial charge is 0.385 e. The third kappa shape index (κ3) is 0.880. The van der Waals surface area contributed by atoms with E-state index in [0.29, 0.717) is 22.0 Å². The summed E-state index contributed by atoms with van der Waals surface area (Å²) in [5.74, 6) is 0.504. The highest BCUT2D eigenvalue weighted by Crippen LogP contribution is 2.15. The summed E-state index contributed by atoms with van der Waals surface area (Å²) in [6.07, 6.45) is 5.01. The molecule has 0 saturated heterocycles. The number of fused-ring (bicyclic) bond motifs is 3. The normalized spacial score (nSPS) is 13.7. The van der Waals surface area contributed by atoms with E-state index in [4.69, 9.17) is 16.4 Å². The Balaban J connectivity index is 2.74. The van der Waals surface area contributed by atoms with Gasteiger partial charge in [-0.25, -0.2) is 0 Å². The molecule has 3 rings (SSSR count). The average Bonchev–Trinajstić information content (AvgIpc) is 2.78. The lowest BCUT2D eigenvalue weighted by Gasteiger charge is -1.93. The third-order valence-electron chi connectivity index (χ3n) is 2.70. The van der Waals surface area contributed by atoms with Crippen LogP contribution in [0.4, 0.5) is 5.82 Å². The van der Waals surface area contributed by atoms with Crippen LogP contribution in [-0.4, -0.2) is 15.7 Å². The molecule has 0 atom stereocenters. The summed E-state index contributed by atoms with van der Waals surface area (Å²) >= 11 is 0. The first kappa shape index (κ1) is 8.68. The maximum Gasteiger partial charge on any atom is 0.109 e. The Morgan fingerprint density at radius 1 is 1.50 bits per heavy atom. The van der Waals surface area contributed by atoms with Gasteiger partial charge in [-0.3, -0.25) is 10.4 Å². The van der Waals surface area contributed by atoms with Crippen molar-refractivity contribution in [1.29, 1.82) is 10.7 Å². The van der Waals surface area contributed by atoms with Crippen LogP contribution in [0.15, 0.2) is 12.4 Å². The van der Waals surface area contributed by atoms with Crippen molar-refractivity contribution in [2.24, 2.45) is 0 Å². The summed E-state index contributed by atoms with van der Waals surface area (Å²) in [4.78, 5) is 7.10. The van der Waals surface area contributed by atoms with Crippen LogP contribution in [0.2, 0.25) is 0 Å². The number of nitrogen functional groups attached to an aromatic ring is 1. The van der Waals surface area contributed by atoms with Crippen molar-refractivity contribution in [3.8, 4) is 6.07 Å². The monoisotopic (exact) mass is 209 g/mol. The zero-order valence-corrected chi connectivity index (χ0v) is 8.20. The minimum absolute atomic E-state index is 0.193. The van der Waals surface area contributed by atoms with Crippen LogP contribution in [-0.2, 0) is 0 Å². The van der Waals surface area contributed by atoms with Gasteiger partial charge >= 0.3 is 0 Å². The molecule has 0 amide bonds. The number of aromatic amines is 1. The highest BCUT2D eigenvalue weighted by Gasteiger charge is 2.15. The first-order chi connectivity index (χ1) is 7.72. The molecule has 2 aromatic rings. The van der Waals surface area contributed by atoms with Crippen LogP contribution in [0.25, 0.3) is 22.4 Å². The van der Waals surface area contributed by atoms with Gasteiger partial charge in [0, 0.05) is 28.4 Å². The van der Waals surface area contributed by atoms with Crippen LogP contribution in [0, 0.1) is 16.7 Å². The third-order valence-corrected chi connectivity index (χ3v) is 2.70. The Morgan fingerprint density at radius 2 is 2.31 bits per heavy atom. The van der Waals surface area contributed by atoms with Crippen LogP contribution in [0.1, 0.15) is 0 Å². The minimum Gasteiger partial charge on any atom is -0.385 e. The number of hydrogen-bond acceptors (Lipinski definition) is 4. The van der Waals surface area contributed by atoms with E-state index in [1.54, 1.807) is 18.5 Å². The van der Waals surface area contributed by atoms with Gasteiger partial charge in [-0.05, 0) is 6.08 Å². The number of H-pyrrole nitrogens is 1. The van der Waals surface area contributed by atoms with Crippen molar-refractivity contribution in [3.05, 3.63) is 23.0 Å². The molecule has 0 radical (unpaired) electrons. The molecule has 16 heavy (non-hydrogen) atoms. The Morgan fingerprint density at radius 3 is 3.06 bits per heavy atom. The van der Waals surface area contributed by atoms with Gasteiger partial charge in [0.05, 0.1) is 16.6 Å². The minimum atomic E-state index is 0.193. The van der Waals surface area contributed by atoms with Gasteiger partial charge in [0.25, 0.3) is 0 Å². The molecule has 2 heterocycles. The van der Waals surface area contributed by atoms with Crippen LogP contribution < -0.4 is 16.3 Å². The van der Waals surface area contributed by atoms with E-state index in [-0.39, 0.29) is 5.71 Å². The number of nitriles is 1. The Hall–Kier alpha value is -2.61. The summed E-state index contributed by atoms with van der Waals surface area (Å²) in [7, 11) is 0. The smallest absolute Gasteiger partial charge is 0.109 e. The van der Waals surface area contributed by atoms with Gasteiger partial charge in [0.2, 0.25) is 0 Å². The molecule has 0 bridgehead atoms. The molecule has 2 aromatic heterocycles. The highest BCUT2D eigenvalue weighted by molar-refractivity contribution is 6.38. The fourth-order valence-corrected chi connectivity index (χ4v) is 1.99. The second kappa shape index (κ2) is 2.70. The summed E-state index contributed by atoms with van der Waals surface area (Å²) in [6, 6.07) is 2.03. The van der Waals surface area contributed by atoms with E-state index in [9.17, 15) is 0 Å². The standard InChI is InChI=1S/C11H7N5/c12-2-6-7(13)1-8-10(6)9-5(3-15-8)4-16-11(9)14/h1,3-4,13,16H,14H2. The average molecular weight is 209 g/mol. The zero-order valence-electron chi connectivity index (χ0n) is 8.20. The predicted molar refractivity (Wildman–Crippen MR) is 61.0 cm³/mol. The zero-order chi connectivity index (χ0) is 11.3. The molecule has 5 nitrogen and oxygen atoms in total. The fraction of sp³-hybridized carbons (Fsp3) is 0. The molecule has 5 heteroatoms. The number of nitrogens with one attached hydrogen (secondary N) is 2. The van der Waals surface area contributed by atoms with E-state index in [0.717, 1.165) is 10.8 Å². The summed E-state index contributed by atoms with van der Waals surface area (Å²) in [6.45, 7) is 0. The molecule has 0 fully saturated rings. The lowest BCUT2D eigenvalue weighted by molar-refractivity contribution is 1.27. The van der Waals surface area contributed by atoms with Crippen LogP contribution >= 0.6 is 0 Å². The molecule has 76 valence electrons. The van der Waals surface area contributed by atoms with Crippen molar-refractivity contribution in [2.45, 2.75) is 0 Å². The molecule has 0 aliphatic heterocycles. The van der Waals surface area contributed by atoms with Crippen molar-refractivity contribution in [2.75, 3.05) is 5.73 Å². The van der Waals surface area contributed by atoms with Gasteiger partial charge in [-0.1, -0.05) is 0 Å². The summed E-state index contributed by atoms with van der Waals surface area (Å²) < 4.78 is 0. The molecule has 0 aromatic carbocycles. The number of aromatic nitrogens is 2. The number of hydrogen-bond donors (Lipinski definition) is 3. The van der Waals surface area contributed by atoms with E-state index < -0.39 is 0 Å². The molecular weight excluding hydrogens is 202 g/mol. The summed E-state index contributed by atoms with van der Waals surface area (Å²) in [5.41, 5.74) is 6.35. The molecule has 0 unspecified atom stereocenters. The van der Waals surface area contributed by atoms with E-state index in [2.05, 4.69) is 9.97 Å². The van der Waals surface area contributed by atoms with E-state index >= 15 is 0 Å². The molecule has 0 spiro atoms. The van der Waals surface area contributed by atoms with Crippen molar-refractivity contribution in [1.82, 2.24) is 9.97 Å². The number of anilines is 1. The Labute approximate surface area is 90.0 Å². The van der Waals surface area contributed by atoms with Gasteiger partial charge in [-0.15, -0.1) is 0 Å². The lowest BCUT2D eigenvalue weighted by Crippen LogP contribution is -2.27. The number of nitrogens with two attached hydrogens (primary N) is 1. The Bertz CT molecular complexity index is 788.